The molecular formula is C21H17NO5. The van der Waals surface area contributed by atoms with Crippen LogP contribution in [0.15, 0.2) is 83.7 Å². The van der Waals surface area contributed by atoms with Crippen molar-refractivity contribution in [1.82, 2.24) is 0 Å². The number of rotatable bonds is 8. The van der Waals surface area contributed by atoms with Crippen LogP contribution in [0.4, 0.5) is 0 Å². The van der Waals surface area contributed by atoms with Gasteiger partial charge in [-0.1, -0.05) is 60.7 Å². The molecule has 136 valence electrons. The lowest BCUT2D eigenvalue weighted by Gasteiger charge is -2.22. The molecule has 1 heterocycles. The first-order valence-electron chi connectivity index (χ1n) is 8.40. The van der Waals surface area contributed by atoms with Gasteiger partial charge in [-0.15, -0.1) is 0 Å². The summed E-state index contributed by atoms with van der Waals surface area (Å²) < 4.78 is 5.05. The Labute approximate surface area is 155 Å². The third-order valence-electron chi connectivity index (χ3n) is 4.40. The molecule has 0 amide bonds. The monoisotopic (exact) mass is 363 g/mol. The Morgan fingerprint density at radius 2 is 1.41 bits per heavy atom. The van der Waals surface area contributed by atoms with Crippen molar-refractivity contribution in [1.29, 1.82) is 0 Å². The van der Waals surface area contributed by atoms with E-state index in [2.05, 4.69) is 0 Å². The highest BCUT2D eigenvalue weighted by Gasteiger charge is 2.40. The minimum Gasteiger partial charge on any atom is -0.472 e. The fraction of sp³-hybridized carbons (Fsp3) is 0.143. The second-order valence-corrected chi connectivity index (χ2v) is 6.12. The maximum absolute atomic E-state index is 13.2. The average Bonchev–Trinajstić information content (AvgIpc) is 3.23. The van der Waals surface area contributed by atoms with E-state index in [4.69, 9.17) is 4.42 Å². The van der Waals surface area contributed by atoms with Gasteiger partial charge in [0.1, 0.15) is 0 Å². The first-order chi connectivity index (χ1) is 13.1. The summed E-state index contributed by atoms with van der Waals surface area (Å²) in [4.78, 5) is 37.2. The van der Waals surface area contributed by atoms with Crippen LogP contribution in [-0.4, -0.2) is 23.0 Å². The zero-order valence-electron chi connectivity index (χ0n) is 14.4. The summed E-state index contributed by atoms with van der Waals surface area (Å²) in [5.74, 6) is -3.05. The summed E-state index contributed by atoms with van der Waals surface area (Å²) in [7, 11) is 0. The number of carbonyl (C=O) groups is 2. The van der Waals surface area contributed by atoms with Gasteiger partial charge in [-0.25, -0.2) is 0 Å². The van der Waals surface area contributed by atoms with Gasteiger partial charge in [-0.3, -0.25) is 19.7 Å². The lowest BCUT2D eigenvalue weighted by Crippen LogP contribution is -2.34. The average molecular weight is 363 g/mol. The zero-order valence-corrected chi connectivity index (χ0v) is 14.4. The van der Waals surface area contributed by atoms with E-state index in [0.717, 1.165) is 0 Å². The van der Waals surface area contributed by atoms with E-state index in [1.165, 1.54) is 12.5 Å². The third kappa shape index (κ3) is 4.17. The third-order valence-corrected chi connectivity index (χ3v) is 4.40. The van der Waals surface area contributed by atoms with E-state index in [9.17, 15) is 19.7 Å². The molecule has 0 spiro atoms. The van der Waals surface area contributed by atoms with Crippen molar-refractivity contribution in [3.05, 3.63) is 106 Å². The molecule has 3 aromatic rings. The van der Waals surface area contributed by atoms with Crippen molar-refractivity contribution in [3.8, 4) is 0 Å². The molecule has 0 bridgehead atoms. The highest BCUT2D eigenvalue weighted by atomic mass is 16.6. The van der Waals surface area contributed by atoms with Gasteiger partial charge in [0, 0.05) is 21.6 Å². The van der Waals surface area contributed by atoms with E-state index in [-0.39, 0.29) is 0 Å². The lowest BCUT2D eigenvalue weighted by atomic mass is 9.77. The van der Waals surface area contributed by atoms with Gasteiger partial charge in [0.05, 0.1) is 24.4 Å². The molecule has 0 aliphatic carbocycles. The highest BCUT2D eigenvalue weighted by Crippen LogP contribution is 2.31. The number of ketones is 2. The van der Waals surface area contributed by atoms with Gasteiger partial charge < -0.3 is 4.42 Å². The Kier molecular flexibility index (Phi) is 5.56. The molecule has 0 N–H and O–H groups in total. The fourth-order valence-corrected chi connectivity index (χ4v) is 3.10. The minimum absolute atomic E-state index is 0.337. The number of hydrogen-bond donors (Lipinski definition) is 0. The van der Waals surface area contributed by atoms with Gasteiger partial charge in [0.15, 0.2) is 11.6 Å². The number of hydrogen-bond acceptors (Lipinski definition) is 5. The van der Waals surface area contributed by atoms with Crippen molar-refractivity contribution in [2.24, 2.45) is 5.92 Å². The summed E-state index contributed by atoms with van der Waals surface area (Å²) in [6.07, 6.45) is 2.72. The molecule has 0 saturated heterocycles. The molecule has 2 aromatic carbocycles. The second-order valence-electron chi connectivity index (χ2n) is 6.12. The number of benzene rings is 2. The van der Waals surface area contributed by atoms with Crippen LogP contribution >= 0.6 is 0 Å². The number of nitro groups is 1. The van der Waals surface area contributed by atoms with Crippen molar-refractivity contribution in [3.63, 3.8) is 0 Å². The predicted octanol–water partition coefficient (Wildman–Crippen LogP) is 4.02. The Balaban J connectivity index is 2.09. The summed E-state index contributed by atoms with van der Waals surface area (Å²) >= 11 is 0. The lowest BCUT2D eigenvalue weighted by molar-refractivity contribution is -0.484. The Morgan fingerprint density at radius 1 is 0.889 bits per heavy atom. The Morgan fingerprint density at radius 3 is 1.81 bits per heavy atom. The number of furan rings is 1. The predicted molar refractivity (Wildman–Crippen MR) is 98.3 cm³/mol. The van der Waals surface area contributed by atoms with Crippen molar-refractivity contribution < 1.29 is 18.9 Å². The van der Waals surface area contributed by atoms with Crippen LogP contribution < -0.4 is 0 Å². The van der Waals surface area contributed by atoms with Crippen LogP contribution in [0.1, 0.15) is 32.2 Å². The standard InChI is InChI=1S/C21H17NO5/c23-20(15-7-3-1-4-8-15)19(21(24)16-9-5-2-6-10-16)18(13-22(25)26)17-11-12-27-14-17/h1-12,14,18-19H,13H2. The number of carbonyl (C=O) groups excluding carboxylic acids is 2. The molecule has 1 unspecified atom stereocenters. The molecule has 6 heteroatoms. The number of nitrogens with zero attached hydrogens (tertiary/aromatic N) is 1. The first kappa shape index (κ1) is 18.3. The normalized spacial score (nSPS) is 11.9. The topological polar surface area (TPSA) is 90.4 Å². The zero-order chi connectivity index (χ0) is 19.2. The van der Waals surface area contributed by atoms with Crippen LogP contribution in [0, 0.1) is 16.0 Å². The molecule has 0 fully saturated rings. The molecular weight excluding hydrogens is 346 g/mol. The summed E-state index contributed by atoms with van der Waals surface area (Å²) in [6, 6.07) is 18.3. The van der Waals surface area contributed by atoms with Gasteiger partial charge >= 0.3 is 0 Å². The van der Waals surface area contributed by atoms with E-state index < -0.39 is 34.9 Å². The van der Waals surface area contributed by atoms with Crippen LogP contribution in [0.2, 0.25) is 0 Å². The van der Waals surface area contributed by atoms with Gasteiger partial charge in [-0.2, -0.15) is 0 Å². The minimum atomic E-state index is -1.22. The second kappa shape index (κ2) is 8.23. The smallest absolute Gasteiger partial charge is 0.211 e. The van der Waals surface area contributed by atoms with Crippen molar-refractivity contribution >= 4 is 11.6 Å². The molecule has 0 aliphatic rings. The SMILES string of the molecule is O=C(c1ccccc1)C(C(=O)c1ccccc1)C(C[N+](=O)[O-])c1ccoc1. The quantitative estimate of drug-likeness (QED) is 0.261. The Bertz CT molecular complexity index is 868. The molecule has 0 saturated carbocycles. The van der Waals surface area contributed by atoms with Crippen LogP contribution in [0.25, 0.3) is 0 Å². The summed E-state index contributed by atoms with van der Waals surface area (Å²) in [5.41, 5.74) is 1.12. The van der Waals surface area contributed by atoms with E-state index in [1.54, 1.807) is 66.7 Å². The van der Waals surface area contributed by atoms with Crippen LogP contribution in [0.3, 0.4) is 0 Å². The van der Waals surface area contributed by atoms with E-state index in [0.29, 0.717) is 16.7 Å². The maximum Gasteiger partial charge on any atom is 0.211 e. The fourth-order valence-electron chi connectivity index (χ4n) is 3.10. The molecule has 0 aliphatic heterocycles. The summed E-state index contributed by atoms with van der Waals surface area (Å²) in [6.45, 7) is -0.554. The van der Waals surface area contributed by atoms with Gasteiger partial charge in [0.25, 0.3) is 0 Å². The molecule has 3 rings (SSSR count). The molecule has 27 heavy (non-hydrogen) atoms. The Hall–Kier alpha value is -3.54. The number of Topliss-reactive ketones (excluding diaryl/α,β-unsaturated/α-hetero) is 2. The maximum atomic E-state index is 13.2. The molecule has 1 atom stereocenters. The molecule has 6 nitrogen and oxygen atoms in total. The van der Waals surface area contributed by atoms with Crippen molar-refractivity contribution in [2.75, 3.05) is 6.54 Å². The van der Waals surface area contributed by atoms with Crippen LogP contribution in [-0.2, 0) is 0 Å². The van der Waals surface area contributed by atoms with Gasteiger partial charge in [-0.05, 0) is 6.07 Å². The largest absolute Gasteiger partial charge is 0.472 e. The van der Waals surface area contributed by atoms with Gasteiger partial charge in [0.2, 0.25) is 6.54 Å². The molecule has 0 radical (unpaired) electrons. The van der Waals surface area contributed by atoms with E-state index in [1.807, 2.05) is 0 Å². The van der Waals surface area contributed by atoms with Crippen LogP contribution in [0.5, 0.6) is 0 Å². The van der Waals surface area contributed by atoms with E-state index >= 15 is 0 Å². The molecule has 1 aromatic heterocycles. The first-order valence-corrected chi connectivity index (χ1v) is 8.40. The summed E-state index contributed by atoms with van der Waals surface area (Å²) in [5, 5.41) is 11.3. The van der Waals surface area contributed by atoms with Crippen molar-refractivity contribution in [2.45, 2.75) is 5.92 Å². The highest BCUT2D eigenvalue weighted by molar-refractivity contribution is 6.16.